The Morgan fingerprint density at radius 1 is 1.07 bits per heavy atom. The minimum Gasteiger partial charge on any atom is -0.352 e. The molecule has 0 saturated carbocycles. The van der Waals surface area contributed by atoms with Crippen LogP contribution in [0.25, 0.3) is 0 Å². The topological polar surface area (TPSA) is 73.8 Å². The molecule has 2 N–H and O–H groups in total. The van der Waals surface area contributed by atoms with Gasteiger partial charge in [-0.2, -0.15) is 0 Å². The van der Waals surface area contributed by atoms with Gasteiger partial charge in [-0.15, -0.1) is 24.0 Å². The zero-order valence-corrected chi connectivity index (χ0v) is 19.9. The first-order valence-electron chi connectivity index (χ1n) is 8.79. The van der Waals surface area contributed by atoms with Crippen molar-refractivity contribution in [3.05, 3.63) is 70.8 Å². The fourth-order valence-corrected chi connectivity index (χ4v) is 3.49. The van der Waals surface area contributed by atoms with E-state index in [9.17, 15) is 8.42 Å². The smallest absolute Gasteiger partial charge is 0.215 e. The fraction of sp³-hybridized carbons (Fsp3) is 0.350. The van der Waals surface area contributed by atoms with E-state index in [0.29, 0.717) is 6.54 Å². The monoisotopic (exact) mass is 516 g/mol. The Labute approximate surface area is 185 Å². The van der Waals surface area contributed by atoms with Gasteiger partial charge in [0.15, 0.2) is 5.96 Å². The zero-order valence-electron chi connectivity index (χ0n) is 16.8. The SMILES string of the molecule is CN=C(NCc1cccc(CS(=O)(=O)NC)c1)N(C)Cc1ccc(C)cc1.I. The Hall–Kier alpha value is -1.65. The summed E-state index contributed by atoms with van der Waals surface area (Å²) in [7, 11) is 1.89. The number of hydrogen-bond donors (Lipinski definition) is 2. The Morgan fingerprint density at radius 3 is 2.32 bits per heavy atom. The second-order valence-electron chi connectivity index (χ2n) is 6.53. The molecule has 8 heteroatoms. The van der Waals surface area contributed by atoms with Crippen LogP contribution >= 0.6 is 24.0 Å². The summed E-state index contributed by atoms with van der Waals surface area (Å²) >= 11 is 0. The van der Waals surface area contributed by atoms with Crippen LogP contribution in [-0.2, 0) is 28.9 Å². The number of benzene rings is 2. The second kappa shape index (κ2) is 11.4. The predicted octanol–water partition coefficient (Wildman–Crippen LogP) is 2.87. The number of rotatable bonds is 7. The minimum atomic E-state index is -3.28. The summed E-state index contributed by atoms with van der Waals surface area (Å²) in [6.45, 7) is 3.39. The molecule has 28 heavy (non-hydrogen) atoms. The summed E-state index contributed by atoms with van der Waals surface area (Å²) in [6, 6.07) is 16.0. The third kappa shape index (κ3) is 7.76. The highest BCUT2D eigenvalue weighted by Crippen LogP contribution is 2.10. The lowest BCUT2D eigenvalue weighted by molar-refractivity contribution is 0.476. The van der Waals surface area contributed by atoms with E-state index in [2.05, 4.69) is 51.1 Å². The van der Waals surface area contributed by atoms with Crippen molar-refractivity contribution in [3.8, 4) is 0 Å². The molecule has 0 bridgehead atoms. The first-order chi connectivity index (χ1) is 12.8. The van der Waals surface area contributed by atoms with Crippen LogP contribution in [0.4, 0.5) is 0 Å². The fourth-order valence-electron chi connectivity index (χ4n) is 2.73. The van der Waals surface area contributed by atoms with Gasteiger partial charge < -0.3 is 10.2 Å². The van der Waals surface area contributed by atoms with Gasteiger partial charge in [0, 0.05) is 27.2 Å². The molecule has 0 spiro atoms. The van der Waals surface area contributed by atoms with Crippen molar-refractivity contribution < 1.29 is 8.42 Å². The Bertz CT molecular complexity index is 883. The van der Waals surface area contributed by atoms with E-state index in [1.807, 2.05) is 31.3 Å². The van der Waals surface area contributed by atoms with Crippen molar-refractivity contribution in [2.24, 2.45) is 4.99 Å². The van der Waals surface area contributed by atoms with Crippen molar-refractivity contribution in [3.63, 3.8) is 0 Å². The van der Waals surface area contributed by atoms with Crippen molar-refractivity contribution in [1.82, 2.24) is 14.9 Å². The van der Waals surface area contributed by atoms with Gasteiger partial charge >= 0.3 is 0 Å². The Morgan fingerprint density at radius 2 is 1.71 bits per heavy atom. The lowest BCUT2D eigenvalue weighted by atomic mass is 10.1. The molecule has 0 aliphatic carbocycles. The van der Waals surface area contributed by atoms with Crippen LogP contribution in [-0.4, -0.2) is 40.4 Å². The molecule has 0 heterocycles. The van der Waals surface area contributed by atoms with Gasteiger partial charge in [-0.25, -0.2) is 13.1 Å². The predicted molar refractivity (Wildman–Crippen MR) is 126 cm³/mol. The molecule has 0 fully saturated rings. The first-order valence-corrected chi connectivity index (χ1v) is 10.4. The van der Waals surface area contributed by atoms with E-state index < -0.39 is 10.0 Å². The minimum absolute atomic E-state index is 0. The Balaban J connectivity index is 0.00000392. The van der Waals surface area contributed by atoms with E-state index in [0.717, 1.165) is 23.6 Å². The molecule has 0 atom stereocenters. The molecule has 0 aliphatic rings. The van der Waals surface area contributed by atoms with Crippen LogP contribution in [0.3, 0.4) is 0 Å². The highest BCUT2D eigenvalue weighted by molar-refractivity contribution is 14.0. The first kappa shape index (κ1) is 24.4. The van der Waals surface area contributed by atoms with Gasteiger partial charge in [-0.3, -0.25) is 4.99 Å². The normalized spacial score (nSPS) is 11.6. The largest absolute Gasteiger partial charge is 0.352 e. The highest BCUT2D eigenvalue weighted by atomic mass is 127. The van der Waals surface area contributed by atoms with Crippen LogP contribution in [0.5, 0.6) is 0 Å². The summed E-state index contributed by atoms with van der Waals surface area (Å²) in [5.74, 6) is 0.753. The zero-order chi connectivity index (χ0) is 19.9. The number of nitrogens with one attached hydrogen (secondary N) is 2. The molecular formula is C20H29IN4O2S. The third-order valence-electron chi connectivity index (χ3n) is 4.22. The molecule has 0 amide bonds. The lowest BCUT2D eigenvalue weighted by Crippen LogP contribution is -2.38. The lowest BCUT2D eigenvalue weighted by Gasteiger charge is -2.22. The van der Waals surface area contributed by atoms with Gasteiger partial charge in [0.2, 0.25) is 10.0 Å². The molecule has 0 saturated heterocycles. The van der Waals surface area contributed by atoms with Crippen LogP contribution in [0, 0.1) is 6.92 Å². The summed E-state index contributed by atoms with van der Waals surface area (Å²) in [4.78, 5) is 6.39. The van der Waals surface area contributed by atoms with Crippen molar-refractivity contribution in [2.75, 3.05) is 21.1 Å². The molecule has 0 aliphatic heterocycles. The van der Waals surface area contributed by atoms with Gasteiger partial charge in [0.1, 0.15) is 0 Å². The molecule has 2 rings (SSSR count). The summed E-state index contributed by atoms with van der Waals surface area (Å²) in [6.07, 6.45) is 0. The third-order valence-corrected chi connectivity index (χ3v) is 5.56. The molecule has 154 valence electrons. The van der Waals surface area contributed by atoms with E-state index >= 15 is 0 Å². The van der Waals surface area contributed by atoms with Crippen LogP contribution in [0.2, 0.25) is 0 Å². The number of guanidine groups is 1. The average molecular weight is 516 g/mol. The molecule has 2 aromatic carbocycles. The van der Waals surface area contributed by atoms with E-state index in [-0.39, 0.29) is 29.7 Å². The summed E-state index contributed by atoms with van der Waals surface area (Å²) in [5, 5.41) is 3.33. The van der Waals surface area contributed by atoms with Gasteiger partial charge in [-0.1, -0.05) is 54.1 Å². The van der Waals surface area contributed by atoms with Crippen LogP contribution in [0.15, 0.2) is 53.5 Å². The van der Waals surface area contributed by atoms with Gasteiger partial charge in [0.25, 0.3) is 0 Å². The molecule has 0 aromatic heterocycles. The van der Waals surface area contributed by atoms with Crippen molar-refractivity contribution in [1.29, 1.82) is 0 Å². The standard InChI is InChI=1S/C20H28N4O2S.HI/c1-16-8-10-17(11-9-16)14-24(4)20(21-2)23-13-18-6-5-7-19(12-18)15-27(25,26)22-3;/h5-12,22H,13-15H2,1-4H3,(H,21,23);1H. The highest BCUT2D eigenvalue weighted by Gasteiger charge is 2.10. The van der Waals surface area contributed by atoms with Crippen molar-refractivity contribution >= 4 is 40.0 Å². The van der Waals surface area contributed by atoms with E-state index in [4.69, 9.17) is 0 Å². The molecular weight excluding hydrogens is 487 g/mol. The van der Waals surface area contributed by atoms with E-state index in [1.165, 1.54) is 18.2 Å². The number of sulfonamides is 1. The number of aryl methyl sites for hydroxylation is 1. The molecule has 6 nitrogen and oxygen atoms in total. The maximum absolute atomic E-state index is 11.7. The average Bonchev–Trinajstić information content (AvgIpc) is 2.64. The van der Waals surface area contributed by atoms with Gasteiger partial charge in [0.05, 0.1) is 5.75 Å². The Kier molecular flexibility index (Phi) is 9.91. The quantitative estimate of drug-likeness (QED) is 0.337. The number of halogens is 1. The van der Waals surface area contributed by atoms with Crippen molar-refractivity contribution in [2.45, 2.75) is 25.8 Å². The van der Waals surface area contributed by atoms with Crippen LogP contribution in [0.1, 0.15) is 22.3 Å². The van der Waals surface area contributed by atoms with E-state index in [1.54, 1.807) is 7.05 Å². The summed E-state index contributed by atoms with van der Waals surface area (Å²) < 4.78 is 25.8. The van der Waals surface area contributed by atoms with Gasteiger partial charge in [-0.05, 0) is 30.7 Å². The summed E-state index contributed by atoms with van der Waals surface area (Å²) in [5.41, 5.74) is 4.21. The number of hydrogen-bond acceptors (Lipinski definition) is 3. The maximum Gasteiger partial charge on any atom is 0.215 e. The van der Waals surface area contributed by atoms with Crippen LogP contribution < -0.4 is 10.0 Å². The molecule has 0 radical (unpaired) electrons. The molecule has 2 aromatic rings. The number of aliphatic imine (C=N–C) groups is 1. The maximum atomic E-state index is 11.7. The number of nitrogens with zero attached hydrogens (tertiary/aromatic N) is 2. The molecule has 0 unspecified atom stereocenters. The second-order valence-corrected chi connectivity index (χ2v) is 8.45.